The van der Waals surface area contributed by atoms with Gasteiger partial charge in [0.25, 0.3) is 0 Å². The van der Waals surface area contributed by atoms with Crippen molar-refractivity contribution >= 4 is 28.2 Å². The van der Waals surface area contributed by atoms with E-state index in [1.807, 2.05) is 36.4 Å². The Hall–Kier alpha value is -2.10. The van der Waals surface area contributed by atoms with Gasteiger partial charge < -0.3 is 10.2 Å². The third-order valence-electron chi connectivity index (χ3n) is 4.48. The van der Waals surface area contributed by atoms with Crippen LogP contribution in [0.1, 0.15) is 13.8 Å². The van der Waals surface area contributed by atoms with E-state index in [-0.39, 0.29) is 0 Å². The fourth-order valence-electron chi connectivity index (χ4n) is 2.99. The molecule has 0 saturated heterocycles. The summed E-state index contributed by atoms with van der Waals surface area (Å²) in [5, 5.41) is 5.38. The van der Waals surface area contributed by atoms with Gasteiger partial charge in [0.1, 0.15) is 0 Å². The zero-order valence-corrected chi connectivity index (χ0v) is 15.6. The van der Waals surface area contributed by atoms with E-state index in [0.717, 1.165) is 59.0 Å². The Kier molecular flexibility index (Phi) is 5.90. The predicted octanol–water partition coefficient (Wildman–Crippen LogP) is 5.31. The van der Waals surface area contributed by atoms with Crippen molar-refractivity contribution in [2.45, 2.75) is 13.8 Å². The molecule has 0 radical (unpaired) electrons. The highest BCUT2D eigenvalue weighted by atomic mass is 35.5. The zero-order chi connectivity index (χ0) is 17.6. The second-order valence-electron chi connectivity index (χ2n) is 6.04. The smallest absolute Gasteiger partial charge is 0.0731 e. The maximum atomic E-state index is 6.21. The van der Waals surface area contributed by atoms with Crippen LogP contribution in [0.15, 0.2) is 54.6 Å². The predicted molar refractivity (Wildman–Crippen MR) is 108 cm³/mol. The zero-order valence-electron chi connectivity index (χ0n) is 14.8. The Bertz CT molecular complexity index is 829. The summed E-state index contributed by atoms with van der Waals surface area (Å²) in [5.41, 5.74) is 4.13. The normalized spacial score (nSPS) is 11.2. The molecule has 0 fully saturated rings. The molecule has 130 valence electrons. The van der Waals surface area contributed by atoms with Gasteiger partial charge in [-0.25, -0.2) is 4.98 Å². The molecule has 0 saturated carbocycles. The minimum atomic E-state index is 0.730. The summed E-state index contributed by atoms with van der Waals surface area (Å²) in [6.45, 7) is 8.42. The van der Waals surface area contributed by atoms with Crippen molar-refractivity contribution in [1.29, 1.82) is 0 Å². The Morgan fingerprint density at radius 1 is 1.00 bits per heavy atom. The van der Waals surface area contributed by atoms with Crippen LogP contribution < -0.4 is 5.32 Å². The lowest BCUT2D eigenvalue weighted by Crippen LogP contribution is -2.28. The van der Waals surface area contributed by atoms with Crippen LogP contribution in [0.5, 0.6) is 0 Å². The van der Waals surface area contributed by atoms with Gasteiger partial charge in [-0.15, -0.1) is 0 Å². The van der Waals surface area contributed by atoms with Crippen LogP contribution in [0, 0.1) is 0 Å². The number of nitrogens with one attached hydrogen (secondary N) is 1. The van der Waals surface area contributed by atoms with Gasteiger partial charge in [-0.1, -0.05) is 55.8 Å². The summed E-state index contributed by atoms with van der Waals surface area (Å²) in [5.74, 6) is 0. The first-order chi connectivity index (χ1) is 12.2. The summed E-state index contributed by atoms with van der Waals surface area (Å²) in [6.07, 6.45) is 0. The van der Waals surface area contributed by atoms with Crippen molar-refractivity contribution in [3.05, 3.63) is 59.6 Å². The number of anilines is 1. The van der Waals surface area contributed by atoms with Gasteiger partial charge in [-0.3, -0.25) is 0 Å². The van der Waals surface area contributed by atoms with Crippen molar-refractivity contribution in [3.8, 4) is 11.3 Å². The van der Waals surface area contributed by atoms with E-state index >= 15 is 0 Å². The number of aromatic nitrogens is 1. The van der Waals surface area contributed by atoms with E-state index in [0.29, 0.717) is 0 Å². The Balaban J connectivity index is 1.95. The Labute approximate surface area is 154 Å². The molecule has 0 unspecified atom stereocenters. The third-order valence-corrected chi connectivity index (χ3v) is 4.71. The van der Waals surface area contributed by atoms with Crippen molar-refractivity contribution in [2.24, 2.45) is 0 Å². The molecule has 2 aromatic carbocycles. The first-order valence-electron chi connectivity index (χ1n) is 8.83. The Morgan fingerprint density at radius 3 is 2.48 bits per heavy atom. The van der Waals surface area contributed by atoms with E-state index in [1.54, 1.807) is 0 Å². The molecule has 3 nitrogen and oxygen atoms in total. The van der Waals surface area contributed by atoms with Gasteiger partial charge in [0.05, 0.1) is 11.2 Å². The van der Waals surface area contributed by atoms with E-state index < -0.39 is 0 Å². The number of nitrogens with zero attached hydrogens (tertiary/aromatic N) is 2. The van der Waals surface area contributed by atoms with Crippen molar-refractivity contribution in [3.63, 3.8) is 0 Å². The summed E-state index contributed by atoms with van der Waals surface area (Å²) < 4.78 is 0. The first-order valence-corrected chi connectivity index (χ1v) is 9.21. The minimum absolute atomic E-state index is 0.730. The van der Waals surface area contributed by atoms with Crippen LogP contribution in [0.4, 0.5) is 5.69 Å². The molecule has 25 heavy (non-hydrogen) atoms. The number of benzene rings is 2. The average molecular weight is 354 g/mol. The molecule has 3 aromatic rings. The molecule has 0 amide bonds. The number of hydrogen-bond donors (Lipinski definition) is 1. The molecular formula is C21H24ClN3. The second kappa shape index (κ2) is 8.32. The van der Waals surface area contributed by atoms with Gasteiger partial charge in [-0.2, -0.15) is 0 Å². The number of rotatable bonds is 7. The fourth-order valence-corrected chi connectivity index (χ4v) is 3.16. The standard InChI is InChI=1S/C21H24ClN3/c1-3-25(4-2)13-12-23-21-15-20(16-8-6-5-7-9-16)24-19-11-10-17(22)14-18(19)21/h5-11,14-15H,3-4,12-13H2,1-2H3,(H,23,24). The molecule has 0 aliphatic rings. The summed E-state index contributed by atoms with van der Waals surface area (Å²) in [7, 11) is 0. The summed E-state index contributed by atoms with van der Waals surface area (Å²) >= 11 is 6.21. The van der Waals surface area contributed by atoms with Crippen LogP contribution in [0.2, 0.25) is 5.02 Å². The summed E-state index contributed by atoms with van der Waals surface area (Å²) in [4.78, 5) is 7.22. The highest BCUT2D eigenvalue weighted by molar-refractivity contribution is 6.31. The first kappa shape index (κ1) is 17.7. The summed E-state index contributed by atoms with van der Waals surface area (Å²) in [6, 6.07) is 18.3. The van der Waals surface area contributed by atoms with E-state index in [1.165, 1.54) is 0 Å². The Morgan fingerprint density at radius 2 is 1.76 bits per heavy atom. The van der Waals surface area contributed by atoms with Gasteiger partial charge in [0.15, 0.2) is 0 Å². The SMILES string of the molecule is CCN(CC)CCNc1cc(-c2ccccc2)nc2ccc(Cl)cc12. The maximum absolute atomic E-state index is 6.21. The number of halogens is 1. The van der Waals surface area contributed by atoms with Crippen LogP contribution in [0.25, 0.3) is 22.2 Å². The monoisotopic (exact) mass is 353 g/mol. The largest absolute Gasteiger partial charge is 0.383 e. The highest BCUT2D eigenvalue weighted by Crippen LogP contribution is 2.30. The maximum Gasteiger partial charge on any atom is 0.0731 e. The quantitative estimate of drug-likeness (QED) is 0.624. The molecule has 1 heterocycles. The van der Waals surface area contributed by atoms with Crippen LogP contribution in [0.3, 0.4) is 0 Å². The number of pyridine rings is 1. The van der Waals surface area contributed by atoms with Crippen molar-refractivity contribution in [2.75, 3.05) is 31.5 Å². The van der Waals surface area contributed by atoms with Gasteiger partial charge in [0.2, 0.25) is 0 Å². The third kappa shape index (κ3) is 4.30. The minimum Gasteiger partial charge on any atom is -0.383 e. The van der Waals surface area contributed by atoms with E-state index in [9.17, 15) is 0 Å². The van der Waals surface area contributed by atoms with Crippen LogP contribution >= 0.6 is 11.6 Å². The molecule has 0 bridgehead atoms. The lowest BCUT2D eigenvalue weighted by atomic mass is 10.1. The molecule has 4 heteroatoms. The molecule has 0 aliphatic carbocycles. The van der Waals surface area contributed by atoms with Gasteiger partial charge >= 0.3 is 0 Å². The average Bonchev–Trinajstić information content (AvgIpc) is 2.66. The lowest BCUT2D eigenvalue weighted by Gasteiger charge is -2.19. The second-order valence-corrected chi connectivity index (χ2v) is 6.47. The molecule has 0 aliphatic heterocycles. The number of hydrogen-bond acceptors (Lipinski definition) is 3. The molecule has 0 atom stereocenters. The molecule has 1 aromatic heterocycles. The van der Waals surface area contributed by atoms with Crippen molar-refractivity contribution < 1.29 is 0 Å². The molecule has 1 N–H and O–H groups in total. The van der Waals surface area contributed by atoms with E-state index in [4.69, 9.17) is 16.6 Å². The molecule has 3 rings (SSSR count). The topological polar surface area (TPSA) is 28.2 Å². The fraction of sp³-hybridized carbons (Fsp3) is 0.286. The molecular weight excluding hydrogens is 330 g/mol. The highest BCUT2D eigenvalue weighted by Gasteiger charge is 2.09. The number of fused-ring (bicyclic) bond motifs is 1. The number of likely N-dealkylation sites (N-methyl/N-ethyl adjacent to an activating group) is 1. The van der Waals surface area contributed by atoms with Gasteiger partial charge in [-0.05, 0) is 37.4 Å². The van der Waals surface area contributed by atoms with Crippen LogP contribution in [-0.4, -0.2) is 36.1 Å². The van der Waals surface area contributed by atoms with Crippen LogP contribution in [-0.2, 0) is 0 Å². The molecule has 0 spiro atoms. The van der Waals surface area contributed by atoms with Gasteiger partial charge in [0, 0.05) is 34.7 Å². The van der Waals surface area contributed by atoms with Crippen molar-refractivity contribution in [1.82, 2.24) is 9.88 Å². The van der Waals surface area contributed by atoms with E-state index in [2.05, 4.69) is 42.3 Å². The lowest BCUT2D eigenvalue weighted by molar-refractivity contribution is 0.316.